The molecule has 0 spiro atoms. The summed E-state index contributed by atoms with van der Waals surface area (Å²) in [5, 5.41) is 33.6. The van der Waals surface area contributed by atoms with E-state index in [1.54, 1.807) is 32.0 Å². The van der Waals surface area contributed by atoms with E-state index in [0.29, 0.717) is 33.2 Å². The average molecular weight is 424 g/mol. The van der Waals surface area contributed by atoms with Crippen molar-refractivity contribution in [2.75, 3.05) is 0 Å². The fourth-order valence-corrected chi connectivity index (χ4v) is 3.43. The van der Waals surface area contributed by atoms with Crippen molar-refractivity contribution in [1.29, 1.82) is 0 Å². The van der Waals surface area contributed by atoms with E-state index in [0.717, 1.165) is 0 Å². The average Bonchev–Trinajstić information content (AvgIpc) is 2.72. The minimum absolute atomic E-state index is 0.00569. The molecule has 1 heterocycles. The van der Waals surface area contributed by atoms with E-state index in [9.17, 15) is 29.7 Å². The van der Waals surface area contributed by atoms with E-state index in [-0.39, 0.29) is 30.8 Å². The quantitative estimate of drug-likeness (QED) is 0.485. The van der Waals surface area contributed by atoms with Crippen LogP contribution in [0.5, 0.6) is 11.5 Å². The first kappa shape index (κ1) is 21.9. The van der Waals surface area contributed by atoms with Gasteiger partial charge in [-0.1, -0.05) is 12.1 Å². The number of phenolic OH excluding ortho intramolecular Hbond substituents is 2. The van der Waals surface area contributed by atoms with Crippen LogP contribution in [-0.4, -0.2) is 28.1 Å². The summed E-state index contributed by atoms with van der Waals surface area (Å²) >= 11 is 0. The number of carbonyl (C=O) groups excluding carboxylic acids is 2. The molecule has 1 atom stereocenters. The first-order chi connectivity index (χ1) is 14.7. The maximum atomic E-state index is 12.4. The Labute approximate surface area is 177 Å². The second-order valence-corrected chi connectivity index (χ2v) is 7.39. The Morgan fingerprint density at radius 1 is 1.06 bits per heavy atom. The summed E-state index contributed by atoms with van der Waals surface area (Å²) in [6, 6.07) is 7.86. The molecule has 8 heteroatoms. The highest BCUT2D eigenvalue weighted by Gasteiger charge is 2.18. The van der Waals surface area contributed by atoms with Gasteiger partial charge in [0.1, 0.15) is 17.1 Å². The van der Waals surface area contributed by atoms with Crippen molar-refractivity contribution in [1.82, 2.24) is 5.32 Å². The monoisotopic (exact) mass is 424 g/mol. The molecule has 3 rings (SSSR count). The van der Waals surface area contributed by atoms with Crippen LogP contribution in [0.15, 0.2) is 45.6 Å². The smallest absolute Gasteiger partial charge is 0.339 e. The number of rotatable bonds is 7. The van der Waals surface area contributed by atoms with Gasteiger partial charge in [-0.15, -0.1) is 0 Å². The Hall–Kier alpha value is -3.81. The Bertz CT molecular complexity index is 1200. The van der Waals surface area contributed by atoms with E-state index in [2.05, 4.69) is 5.32 Å². The molecule has 31 heavy (non-hydrogen) atoms. The standard InChI is InChI=1S/C23H23NO7/c1-12-16-7-9-19(26)13(2)21(16)31-23(30)17(12)8-10-20(27)24-18(22(28)29)11-14-3-5-15(25)6-4-14/h3-7,9,18,25-26H,8,10-11H2,1-2H3,(H,24,27)(H,28,29)/p-1/t18-/m0/s1. The summed E-state index contributed by atoms with van der Waals surface area (Å²) in [6.07, 6.45) is -0.0589. The number of benzene rings is 2. The number of carbonyl (C=O) groups is 2. The lowest BCUT2D eigenvalue weighted by molar-refractivity contribution is -0.308. The Balaban J connectivity index is 1.72. The van der Waals surface area contributed by atoms with Crippen LogP contribution in [0.4, 0.5) is 0 Å². The number of aryl methyl sites for hydroxylation is 2. The summed E-state index contributed by atoms with van der Waals surface area (Å²) in [5.74, 6) is -1.91. The van der Waals surface area contributed by atoms with E-state index < -0.39 is 23.5 Å². The number of nitrogens with one attached hydrogen (secondary N) is 1. The largest absolute Gasteiger partial charge is 0.548 e. The van der Waals surface area contributed by atoms with Gasteiger partial charge in [0.2, 0.25) is 5.91 Å². The third-order valence-electron chi connectivity index (χ3n) is 5.27. The van der Waals surface area contributed by atoms with Crippen LogP contribution in [-0.2, 0) is 22.4 Å². The highest BCUT2D eigenvalue weighted by Crippen LogP contribution is 2.28. The van der Waals surface area contributed by atoms with E-state index in [1.807, 2.05) is 0 Å². The fraction of sp³-hybridized carbons (Fsp3) is 0.261. The van der Waals surface area contributed by atoms with Crippen LogP contribution >= 0.6 is 0 Å². The number of carboxylic acids is 1. The third-order valence-corrected chi connectivity index (χ3v) is 5.27. The number of carboxylic acid groups (broad SMARTS) is 1. The first-order valence-electron chi connectivity index (χ1n) is 9.70. The molecule has 0 bridgehead atoms. The minimum atomic E-state index is -1.43. The second kappa shape index (κ2) is 8.91. The maximum Gasteiger partial charge on any atom is 0.339 e. The summed E-state index contributed by atoms with van der Waals surface area (Å²) in [7, 11) is 0. The second-order valence-electron chi connectivity index (χ2n) is 7.39. The predicted molar refractivity (Wildman–Crippen MR) is 111 cm³/mol. The lowest BCUT2D eigenvalue weighted by atomic mass is 10.00. The minimum Gasteiger partial charge on any atom is -0.548 e. The zero-order valence-electron chi connectivity index (χ0n) is 17.1. The van der Waals surface area contributed by atoms with Gasteiger partial charge in [0, 0.05) is 22.9 Å². The molecule has 0 saturated carbocycles. The van der Waals surface area contributed by atoms with Crippen molar-refractivity contribution in [3.8, 4) is 11.5 Å². The van der Waals surface area contributed by atoms with Gasteiger partial charge in [0.15, 0.2) is 0 Å². The van der Waals surface area contributed by atoms with Gasteiger partial charge in [0.05, 0.1) is 12.0 Å². The first-order valence-corrected chi connectivity index (χ1v) is 9.70. The van der Waals surface area contributed by atoms with Crippen LogP contribution in [0.25, 0.3) is 11.0 Å². The topological polar surface area (TPSA) is 140 Å². The molecule has 0 aliphatic rings. The normalized spacial score (nSPS) is 11.9. The van der Waals surface area contributed by atoms with Crippen LogP contribution in [0.1, 0.15) is 28.7 Å². The van der Waals surface area contributed by atoms with Gasteiger partial charge in [0.25, 0.3) is 0 Å². The number of fused-ring (bicyclic) bond motifs is 1. The van der Waals surface area contributed by atoms with Crippen molar-refractivity contribution in [3.05, 3.63) is 69.1 Å². The molecule has 0 fully saturated rings. The number of hydrogen-bond acceptors (Lipinski definition) is 7. The van der Waals surface area contributed by atoms with Gasteiger partial charge in [-0.2, -0.15) is 0 Å². The molecule has 3 N–H and O–H groups in total. The van der Waals surface area contributed by atoms with Crippen molar-refractivity contribution in [2.24, 2.45) is 0 Å². The molecule has 162 valence electrons. The lowest BCUT2D eigenvalue weighted by Crippen LogP contribution is -2.49. The molecule has 8 nitrogen and oxygen atoms in total. The molecule has 1 amide bonds. The number of aromatic hydroxyl groups is 2. The van der Waals surface area contributed by atoms with Crippen LogP contribution in [0.2, 0.25) is 0 Å². The Morgan fingerprint density at radius 3 is 2.39 bits per heavy atom. The Kier molecular flexibility index (Phi) is 6.29. The van der Waals surface area contributed by atoms with E-state index in [1.165, 1.54) is 18.2 Å². The lowest BCUT2D eigenvalue weighted by Gasteiger charge is -2.20. The fourth-order valence-electron chi connectivity index (χ4n) is 3.43. The van der Waals surface area contributed by atoms with Gasteiger partial charge >= 0.3 is 5.63 Å². The van der Waals surface area contributed by atoms with Crippen LogP contribution in [0.3, 0.4) is 0 Å². The summed E-state index contributed by atoms with van der Waals surface area (Å²) in [6.45, 7) is 3.37. The molecule has 2 aromatic carbocycles. The molecule has 3 aromatic rings. The number of hydrogen-bond donors (Lipinski definition) is 3. The molecule has 0 saturated heterocycles. The van der Waals surface area contributed by atoms with Crippen molar-refractivity contribution < 1.29 is 29.3 Å². The highest BCUT2D eigenvalue weighted by molar-refractivity contribution is 5.86. The zero-order chi connectivity index (χ0) is 22.7. The van der Waals surface area contributed by atoms with Crippen molar-refractivity contribution in [2.45, 2.75) is 39.2 Å². The van der Waals surface area contributed by atoms with Crippen LogP contribution < -0.4 is 16.0 Å². The van der Waals surface area contributed by atoms with Crippen molar-refractivity contribution >= 4 is 22.8 Å². The van der Waals surface area contributed by atoms with Crippen molar-refractivity contribution in [3.63, 3.8) is 0 Å². The van der Waals surface area contributed by atoms with Gasteiger partial charge < -0.3 is 29.8 Å². The molecule has 1 aromatic heterocycles. The maximum absolute atomic E-state index is 12.4. The molecule has 0 aliphatic heterocycles. The van der Waals surface area contributed by atoms with Gasteiger partial charge in [-0.25, -0.2) is 4.79 Å². The molecular weight excluding hydrogens is 402 g/mol. The Morgan fingerprint density at radius 2 is 1.74 bits per heavy atom. The molecule has 0 unspecified atom stereocenters. The molecule has 0 radical (unpaired) electrons. The number of phenols is 2. The van der Waals surface area contributed by atoms with Gasteiger partial charge in [-0.3, -0.25) is 4.79 Å². The number of aliphatic carboxylic acids is 1. The van der Waals surface area contributed by atoms with E-state index >= 15 is 0 Å². The molecular formula is C23H22NO7-. The zero-order valence-corrected chi connectivity index (χ0v) is 17.1. The van der Waals surface area contributed by atoms with E-state index in [4.69, 9.17) is 4.42 Å². The summed E-state index contributed by atoms with van der Waals surface area (Å²) in [4.78, 5) is 36.2. The number of amides is 1. The summed E-state index contributed by atoms with van der Waals surface area (Å²) < 4.78 is 5.35. The van der Waals surface area contributed by atoms with Gasteiger partial charge in [-0.05, 0) is 62.1 Å². The SMILES string of the molecule is Cc1c(CCC(=O)N[C@@H](Cc2ccc(O)cc2)C(=O)[O-])c(=O)oc2c(C)c(O)ccc12. The third kappa shape index (κ3) is 4.85. The molecule has 0 aliphatic carbocycles. The summed E-state index contributed by atoms with van der Waals surface area (Å²) in [5.41, 5.74) is 1.71. The predicted octanol–water partition coefficient (Wildman–Crippen LogP) is 1.23. The van der Waals surface area contributed by atoms with Crippen LogP contribution in [0, 0.1) is 13.8 Å². The highest BCUT2D eigenvalue weighted by atomic mass is 16.4.